The molecule has 1 unspecified atom stereocenters. The molecule has 2 aromatic carbocycles. The number of hydrogen-bond donors (Lipinski definition) is 1. The molecule has 28 heavy (non-hydrogen) atoms. The minimum absolute atomic E-state index is 0.169. The van der Waals surface area contributed by atoms with Crippen LogP contribution in [-0.4, -0.2) is 34.3 Å². The molecule has 3 aromatic rings. The number of nitrogens with zero attached hydrogens (tertiary/aromatic N) is 2. The fourth-order valence-corrected chi connectivity index (χ4v) is 3.73. The highest BCUT2D eigenvalue weighted by atomic mass is 32.1. The summed E-state index contributed by atoms with van der Waals surface area (Å²) in [6.45, 7) is 4.25. The number of thiazole rings is 1. The van der Waals surface area contributed by atoms with Crippen LogP contribution in [-0.2, 0) is 4.79 Å². The summed E-state index contributed by atoms with van der Waals surface area (Å²) < 4.78 is 0. The maximum Gasteiger partial charge on any atom is 0.266 e. The average Bonchev–Trinajstić information content (AvgIpc) is 3.23. The highest BCUT2D eigenvalue weighted by molar-refractivity contribution is 7.16. The van der Waals surface area contributed by atoms with Gasteiger partial charge in [0.2, 0.25) is 5.91 Å². The van der Waals surface area contributed by atoms with E-state index in [1.54, 1.807) is 18.0 Å². The number of carbonyl (C=O) groups excluding carboxylic acids is 2. The third-order valence-corrected chi connectivity index (χ3v) is 5.39. The van der Waals surface area contributed by atoms with E-state index in [1.807, 2.05) is 67.6 Å². The van der Waals surface area contributed by atoms with Crippen LogP contribution in [0.3, 0.4) is 0 Å². The van der Waals surface area contributed by atoms with Gasteiger partial charge in [-0.1, -0.05) is 55.5 Å². The summed E-state index contributed by atoms with van der Waals surface area (Å²) in [4.78, 5) is 32.3. The molecular weight excluding hydrogens is 370 g/mol. The van der Waals surface area contributed by atoms with E-state index in [1.165, 1.54) is 11.3 Å². The summed E-state index contributed by atoms with van der Waals surface area (Å²) in [6.07, 6.45) is 2.36. The van der Waals surface area contributed by atoms with E-state index in [0.717, 1.165) is 17.0 Å². The Hall–Kier alpha value is -2.99. The van der Waals surface area contributed by atoms with Crippen LogP contribution in [0.2, 0.25) is 0 Å². The van der Waals surface area contributed by atoms with Crippen molar-refractivity contribution in [2.45, 2.75) is 26.3 Å². The molecule has 0 spiro atoms. The molecule has 0 saturated carbocycles. The van der Waals surface area contributed by atoms with E-state index in [2.05, 4.69) is 10.3 Å². The first kappa shape index (κ1) is 19.8. The van der Waals surface area contributed by atoms with Gasteiger partial charge in [0.05, 0.1) is 6.20 Å². The standard InChI is InChI=1S/C22H23N3O2S/c1-3-14-25(16(2)20(26)24-18-12-8-5-9-13-18)22(27)19-15-23-21(28-19)17-10-6-4-7-11-17/h4-13,15-16H,3,14H2,1-2H3,(H,24,26). The molecule has 144 valence electrons. The van der Waals surface area contributed by atoms with Gasteiger partial charge >= 0.3 is 0 Å². The monoisotopic (exact) mass is 393 g/mol. The Balaban J connectivity index is 1.76. The minimum Gasteiger partial charge on any atom is -0.326 e. The quantitative estimate of drug-likeness (QED) is 0.633. The van der Waals surface area contributed by atoms with Crippen LogP contribution in [0.15, 0.2) is 66.9 Å². The SMILES string of the molecule is CCCN(C(=O)c1cnc(-c2ccccc2)s1)C(C)C(=O)Nc1ccccc1. The highest BCUT2D eigenvalue weighted by Gasteiger charge is 2.27. The molecule has 1 atom stereocenters. The predicted octanol–water partition coefficient (Wildman–Crippen LogP) is 4.69. The number of hydrogen-bond acceptors (Lipinski definition) is 4. The van der Waals surface area contributed by atoms with E-state index in [4.69, 9.17) is 0 Å². The van der Waals surface area contributed by atoms with Gasteiger partial charge in [0.15, 0.2) is 0 Å². The summed E-state index contributed by atoms with van der Waals surface area (Å²) in [5.41, 5.74) is 1.69. The first-order valence-electron chi connectivity index (χ1n) is 9.28. The third-order valence-electron chi connectivity index (χ3n) is 4.35. The number of anilines is 1. The van der Waals surface area contributed by atoms with E-state index in [9.17, 15) is 9.59 Å². The normalized spacial score (nSPS) is 11.6. The number of para-hydroxylation sites is 1. The Kier molecular flexibility index (Phi) is 6.55. The van der Waals surface area contributed by atoms with Crippen molar-refractivity contribution in [3.63, 3.8) is 0 Å². The van der Waals surface area contributed by atoms with E-state index in [-0.39, 0.29) is 11.8 Å². The fraction of sp³-hybridized carbons (Fsp3) is 0.227. The van der Waals surface area contributed by atoms with Gasteiger partial charge < -0.3 is 10.2 Å². The highest BCUT2D eigenvalue weighted by Crippen LogP contribution is 2.26. The van der Waals surface area contributed by atoms with Crippen molar-refractivity contribution in [2.24, 2.45) is 0 Å². The molecule has 6 heteroatoms. The van der Waals surface area contributed by atoms with Crippen molar-refractivity contribution in [3.8, 4) is 10.6 Å². The van der Waals surface area contributed by atoms with Crippen LogP contribution < -0.4 is 5.32 Å². The van der Waals surface area contributed by atoms with Crippen molar-refractivity contribution < 1.29 is 9.59 Å². The maximum atomic E-state index is 13.1. The zero-order valence-electron chi connectivity index (χ0n) is 16.0. The summed E-state index contributed by atoms with van der Waals surface area (Å²) in [7, 11) is 0. The largest absolute Gasteiger partial charge is 0.326 e. The number of rotatable bonds is 7. The van der Waals surface area contributed by atoms with Crippen LogP contribution in [0.5, 0.6) is 0 Å². The molecule has 0 saturated heterocycles. The maximum absolute atomic E-state index is 13.1. The molecule has 1 aromatic heterocycles. The number of amides is 2. The average molecular weight is 394 g/mol. The van der Waals surface area contributed by atoms with E-state index < -0.39 is 6.04 Å². The van der Waals surface area contributed by atoms with Crippen molar-refractivity contribution in [2.75, 3.05) is 11.9 Å². The predicted molar refractivity (Wildman–Crippen MR) is 113 cm³/mol. The van der Waals surface area contributed by atoms with Gasteiger partial charge in [0, 0.05) is 17.8 Å². The Morgan fingerprint density at radius 1 is 1.07 bits per heavy atom. The topological polar surface area (TPSA) is 62.3 Å². The molecule has 0 bridgehead atoms. The second-order valence-corrected chi connectivity index (χ2v) is 7.46. The fourth-order valence-electron chi connectivity index (χ4n) is 2.85. The zero-order chi connectivity index (χ0) is 19.9. The summed E-state index contributed by atoms with van der Waals surface area (Å²) in [5, 5.41) is 3.67. The van der Waals surface area contributed by atoms with Gasteiger partial charge in [0.1, 0.15) is 15.9 Å². The van der Waals surface area contributed by atoms with Gasteiger partial charge in [-0.2, -0.15) is 0 Å². The van der Waals surface area contributed by atoms with Gasteiger partial charge in [-0.15, -0.1) is 11.3 Å². The van der Waals surface area contributed by atoms with Gasteiger partial charge in [-0.25, -0.2) is 4.98 Å². The molecule has 3 rings (SSSR count). The lowest BCUT2D eigenvalue weighted by molar-refractivity contribution is -0.120. The summed E-state index contributed by atoms with van der Waals surface area (Å²) in [5.74, 6) is -0.377. The molecule has 1 N–H and O–H groups in total. The second-order valence-electron chi connectivity index (χ2n) is 6.43. The Morgan fingerprint density at radius 3 is 2.36 bits per heavy atom. The first-order valence-corrected chi connectivity index (χ1v) is 10.1. The van der Waals surface area contributed by atoms with Crippen LogP contribution >= 0.6 is 11.3 Å². The van der Waals surface area contributed by atoms with Gasteiger partial charge in [-0.3, -0.25) is 9.59 Å². The molecular formula is C22H23N3O2S. The molecule has 1 heterocycles. The Morgan fingerprint density at radius 2 is 1.71 bits per heavy atom. The van der Waals surface area contributed by atoms with Crippen molar-refractivity contribution in [1.29, 1.82) is 0 Å². The van der Waals surface area contributed by atoms with Crippen LogP contribution in [0, 0.1) is 0 Å². The van der Waals surface area contributed by atoms with Crippen molar-refractivity contribution in [1.82, 2.24) is 9.88 Å². The molecule has 0 aliphatic rings. The molecule has 0 radical (unpaired) electrons. The number of aromatic nitrogens is 1. The lowest BCUT2D eigenvalue weighted by Gasteiger charge is -2.27. The number of benzene rings is 2. The molecule has 0 fully saturated rings. The first-order chi connectivity index (χ1) is 13.6. The van der Waals surface area contributed by atoms with E-state index in [0.29, 0.717) is 17.1 Å². The van der Waals surface area contributed by atoms with E-state index >= 15 is 0 Å². The van der Waals surface area contributed by atoms with Crippen LogP contribution in [0.25, 0.3) is 10.6 Å². The molecule has 0 aliphatic carbocycles. The zero-order valence-corrected chi connectivity index (χ0v) is 16.8. The number of nitrogens with one attached hydrogen (secondary N) is 1. The Labute approximate surface area is 169 Å². The molecule has 5 nitrogen and oxygen atoms in total. The van der Waals surface area contributed by atoms with Crippen molar-refractivity contribution >= 4 is 28.8 Å². The van der Waals surface area contributed by atoms with Crippen LogP contribution in [0.1, 0.15) is 29.9 Å². The minimum atomic E-state index is -0.588. The smallest absolute Gasteiger partial charge is 0.266 e. The third kappa shape index (κ3) is 4.64. The van der Waals surface area contributed by atoms with Gasteiger partial charge in [0.25, 0.3) is 5.91 Å². The lowest BCUT2D eigenvalue weighted by atomic mass is 10.2. The van der Waals surface area contributed by atoms with Crippen molar-refractivity contribution in [3.05, 3.63) is 71.7 Å². The summed E-state index contributed by atoms with van der Waals surface area (Å²) >= 11 is 1.35. The number of carbonyl (C=O) groups is 2. The summed E-state index contributed by atoms with van der Waals surface area (Å²) in [6, 6.07) is 18.4. The Bertz CT molecular complexity index is 925. The van der Waals surface area contributed by atoms with Crippen LogP contribution in [0.4, 0.5) is 5.69 Å². The molecule has 2 amide bonds. The van der Waals surface area contributed by atoms with Gasteiger partial charge in [-0.05, 0) is 25.5 Å². The second kappa shape index (κ2) is 9.28. The lowest BCUT2D eigenvalue weighted by Crippen LogP contribution is -2.45. The molecule has 0 aliphatic heterocycles.